The molecule has 8 atom stereocenters. The van der Waals surface area contributed by atoms with Gasteiger partial charge in [0.1, 0.15) is 24.4 Å². The van der Waals surface area contributed by atoms with E-state index in [1.807, 2.05) is 0 Å². The molecule has 52 heavy (non-hydrogen) atoms. The first-order valence-electron chi connectivity index (χ1n) is 21.3. The number of carboxylic acid groups (broad SMARTS) is 1. The van der Waals surface area contributed by atoms with E-state index in [4.69, 9.17) is 9.47 Å². The van der Waals surface area contributed by atoms with Crippen LogP contribution in [0.3, 0.4) is 0 Å². The molecule has 1 saturated carbocycles. The van der Waals surface area contributed by atoms with Crippen molar-refractivity contribution in [1.82, 2.24) is 5.32 Å². The zero-order chi connectivity index (χ0) is 38.2. The number of carboxylic acids is 1. The van der Waals surface area contributed by atoms with Crippen LogP contribution in [0, 0.1) is 5.41 Å². The molecule has 1 aliphatic heterocycles. The molecule has 1 saturated heterocycles. The fourth-order valence-corrected chi connectivity index (χ4v) is 7.54. The quantitative estimate of drug-likeness (QED) is 0.0358. The lowest BCUT2D eigenvalue weighted by Gasteiger charge is -2.39. The Balaban J connectivity index is 1.76. The van der Waals surface area contributed by atoms with Crippen molar-refractivity contribution in [1.29, 1.82) is 0 Å². The van der Waals surface area contributed by atoms with Gasteiger partial charge in [-0.3, -0.25) is 4.79 Å². The summed E-state index contributed by atoms with van der Waals surface area (Å²) in [6.45, 7) is 4.10. The van der Waals surface area contributed by atoms with Crippen molar-refractivity contribution >= 4 is 11.9 Å². The van der Waals surface area contributed by atoms with Crippen molar-refractivity contribution in [3.05, 3.63) is 0 Å². The molecule has 0 aromatic heterocycles. The Kier molecular flexibility index (Phi) is 24.6. The van der Waals surface area contributed by atoms with Gasteiger partial charge in [-0.2, -0.15) is 0 Å². The van der Waals surface area contributed by atoms with E-state index in [0.29, 0.717) is 24.7 Å². The summed E-state index contributed by atoms with van der Waals surface area (Å²) in [5.41, 5.74) is 0.656. The topological polar surface area (TPSA) is 186 Å². The molecule has 0 unspecified atom stereocenters. The highest BCUT2D eigenvalue weighted by Crippen LogP contribution is 2.53. The fourth-order valence-electron chi connectivity index (χ4n) is 7.54. The first-order valence-corrected chi connectivity index (χ1v) is 21.3. The normalized spacial score (nSPS) is 24.3. The van der Waals surface area contributed by atoms with Crippen LogP contribution in [0.4, 0.5) is 0 Å². The van der Waals surface area contributed by atoms with Crippen LogP contribution in [0.2, 0.25) is 0 Å². The van der Waals surface area contributed by atoms with Crippen molar-refractivity contribution in [3.8, 4) is 0 Å². The Morgan fingerprint density at radius 2 is 1.13 bits per heavy atom. The van der Waals surface area contributed by atoms with Gasteiger partial charge in [-0.05, 0) is 43.9 Å². The highest BCUT2D eigenvalue weighted by molar-refractivity contribution is 5.80. The van der Waals surface area contributed by atoms with Crippen molar-refractivity contribution in [2.75, 3.05) is 6.61 Å². The zero-order valence-corrected chi connectivity index (χ0v) is 32.7. The number of rotatable bonds is 33. The molecule has 1 amide bonds. The molecular weight excluding hydrogens is 666 g/mol. The third kappa shape index (κ3) is 18.8. The Morgan fingerprint density at radius 1 is 0.673 bits per heavy atom. The summed E-state index contributed by atoms with van der Waals surface area (Å²) in [5.74, 6) is -2.17. The number of aliphatic hydroxyl groups excluding tert-OH is 5. The van der Waals surface area contributed by atoms with Gasteiger partial charge in [-0.1, -0.05) is 149 Å². The van der Waals surface area contributed by atoms with E-state index in [-0.39, 0.29) is 6.61 Å². The number of aliphatic carboxylic acids is 1. The van der Waals surface area contributed by atoms with Gasteiger partial charge < -0.3 is 45.4 Å². The second-order valence-corrected chi connectivity index (χ2v) is 16.1. The predicted octanol–water partition coefficient (Wildman–Crippen LogP) is 6.67. The van der Waals surface area contributed by atoms with Crippen LogP contribution in [0.15, 0.2) is 0 Å². The van der Waals surface area contributed by atoms with Gasteiger partial charge in [0.2, 0.25) is 5.91 Å². The Morgan fingerprint density at radius 3 is 1.63 bits per heavy atom. The van der Waals surface area contributed by atoms with Gasteiger partial charge in [0, 0.05) is 0 Å². The smallest absolute Gasteiger partial charge is 0.335 e. The van der Waals surface area contributed by atoms with E-state index in [9.17, 15) is 40.2 Å². The van der Waals surface area contributed by atoms with Crippen LogP contribution in [0.25, 0.3) is 0 Å². The minimum Gasteiger partial charge on any atom is -0.479 e. The van der Waals surface area contributed by atoms with Crippen LogP contribution < -0.4 is 5.32 Å². The van der Waals surface area contributed by atoms with Crippen LogP contribution in [-0.2, 0) is 19.1 Å². The summed E-state index contributed by atoms with van der Waals surface area (Å²) in [5, 5.41) is 64.3. The highest BCUT2D eigenvalue weighted by atomic mass is 16.7. The van der Waals surface area contributed by atoms with E-state index in [0.717, 1.165) is 44.9 Å². The van der Waals surface area contributed by atoms with Gasteiger partial charge in [-0.25, -0.2) is 4.79 Å². The third-order valence-electron chi connectivity index (χ3n) is 11.4. The molecule has 0 aromatic carbocycles. The van der Waals surface area contributed by atoms with Crippen LogP contribution in [-0.4, -0.2) is 98.1 Å². The first-order chi connectivity index (χ1) is 25.0. The van der Waals surface area contributed by atoms with Crippen molar-refractivity contribution < 1.29 is 49.7 Å². The maximum atomic E-state index is 13.0. The molecule has 1 heterocycles. The standard InChI is InChI=1S/C41H77NO10/c1-3-5-7-9-10-11-12-14-18-21-25-33(44)38(48)42-31(30-51-40-36(47)34(45)35(46)37(52-40)39(49)50)32(43)24-20-17-15-13-16-19-23-27-41(28-29-41)26-22-8-6-4-2/h31-37,40,43-47H,3-30H2,1-2H3,(H,42,48)(H,49,50)/t31-,32+,33-,34-,35-,36+,37-,40-/m0/s1. The lowest BCUT2D eigenvalue weighted by molar-refractivity contribution is -0.295. The second-order valence-electron chi connectivity index (χ2n) is 16.1. The van der Waals surface area contributed by atoms with Gasteiger partial charge in [0.15, 0.2) is 12.4 Å². The van der Waals surface area contributed by atoms with Gasteiger partial charge in [-0.15, -0.1) is 0 Å². The summed E-state index contributed by atoms with van der Waals surface area (Å²) in [7, 11) is 0. The summed E-state index contributed by atoms with van der Waals surface area (Å²) in [6.07, 6.45) is 19.5. The Labute approximate surface area is 314 Å². The molecule has 0 bridgehead atoms. The first kappa shape index (κ1) is 46.8. The Bertz CT molecular complexity index is 933. The molecule has 7 N–H and O–H groups in total. The number of carbonyl (C=O) groups is 2. The predicted molar refractivity (Wildman–Crippen MR) is 203 cm³/mol. The van der Waals surface area contributed by atoms with Crippen molar-refractivity contribution in [3.63, 3.8) is 0 Å². The molecule has 2 rings (SSSR count). The van der Waals surface area contributed by atoms with Crippen molar-refractivity contribution in [2.45, 2.75) is 236 Å². The molecular formula is C41H77NO10. The van der Waals surface area contributed by atoms with E-state index >= 15 is 0 Å². The van der Waals surface area contributed by atoms with Crippen LogP contribution in [0.1, 0.15) is 187 Å². The maximum Gasteiger partial charge on any atom is 0.335 e. The minimum atomic E-state index is -1.86. The number of unbranched alkanes of at least 4 members (excludes halogenated alkanes) is 18. The monoisotopic (exact) mass is 744 g/mol. The molecule has 0 spiro atoms. The average molecular weight is 744 g/mol. The van der Waals surface area contributed by atoms with E-state index in [1.165, 1.54) is 109 Å². The minimum absolute atomic E-state index is 0.292. The SMILES string of the molecule is CCCCCCCCCCCC[C@H](O)C(=O)N[C@@H](CO[C@H]1O[C@H](C(=O)O)[C@@H](O)[C@H](O)[C@H]1O)[C@H](O)CCCCCCCCCC1(CCCCCC)CC1. The molecule has 0 aromatic rings. The fraction of sp³-hybridized carbons (Fsp3) is 0.951. The lowest BCUT2D eigenvalue weighted by atomic mass is 9.91. The molecule has 0 radical (unpaired) electrons. The van der Waals surface area contributed by atoms with E-state index < -0.39 is 60.8 Å². The third-order valence-corrected chi connectivity index (χ3v) is 11.4. The zero-order valence-electron chi connectivity index (χ0n) is 32.7. The summed E-state index contributed by atoms with van der Waals surface area (Å²) < 4.78 is 10.8. The van der Waals surface area contributed by atoms with Crippen molar-refractivity contribution in [2.24, 2.45) is 5.41 Å². The number of nitrogens with one attached hydrogen (secondary N) is 1. The van der Waals surface area contributed by atoms with Gasteiger partial charge >= 0.3 is 5.97 Å². The van der Waals surface area contributed by atoms with Gasteiger partial charge in [0.25, 0.3) is 0 Å². The van der Waals surface area contributed by atoms with Gasteiger partial charge in [0.05, 0.1) is 18.8 Å². The highest BCUT2D eigenvalue weighted by Gasteiger charge is 2.48. The average Bonchev–Trinajstić information content (AvgIpc) is 3.90. The number of aliphatic hydroxyl groups is 5. The number of amides is 1. The van der Waals surface area contributed by atoms with E-state index in [2.05, 4.69) is 19.2 Å². The number of hydrogen-bond acceptors (Lipinski definition) is 9. The lowest BCUT2D eigenvalue weighted by Crippen LogP contribution is -2.61. The van der Waals surface area contributed by atoms with E-state index in [1.54, 1.807) is 0 Å². The molecule has 2 fully saturated rings. The number of carbonyl (C=O) groups excluding carboxylic acids is 1. The summed E-state index contributed by atoms with van der Waals surface area (Å²) in [4.78, 5) is 24.5. The van der Waals surface area contributed by atoms with Crippen LogP contribution in [0.5, 0.6) is 0 Å². The molecule has 2 aliphatic rings. The maximum absolute atomic E-state index is 13.0. The molecule has 306 valence electrons. The number of ether oxygens (including phenoxy) is 2. The molecule has 11 nitrogen and oxygen atoms in total. The molecule has 11 heteroatoms. The Hall–Kier alpha value is -1.34. The molecule has 1 aliphatic carbocycles. The second kappa shape index (κ2) is 27.3. The van der Waals surface area contributed by atoms with Crippen LogP contribution >= 0.6 is 0 Å². The summed E-state index contributed by atoms with van der Waals surface area (Å²) in [6, 6.07) is -0.977. The number of hydrogen-bond donors (Lipinski definition) is 7. The largest absolute Gasteiger partial charge is 0.479 e. The summed E-state index contributed by atoms with van der Waals surface area (Å²) >= 11 is 0.